The minimum Gasteiger partial charge on any atom is -0.493 e. The first-order valence-electron chi connectivity index (χ1n) is 11.0. The number of hydrogen-bond donors (Lipinski definition) is 2. The van der Waals surface area contributed by atoms with Gasteiger partial charge in [-0.1, -0.05) is 0 Å². The Bertz CT molecular complexity index is 896. The van der Waals surface area contributed by atoms with E-state index in [1.54, 1.807) is 19.1 Å². The van der Waals surface area contributed by atoms with Crippen molar-refractivity contribution >= 4 is 5.78 Å². The molecular formula is C24H37N3O3+2. The van der Waals surface area contributed by atoms with Crippen molar-refractivity contribution in [1.29, 1.82) is 0 Å². The summed E-state index contributed by atoms with van der Waals surface area (Å²) in [6.45, 7) is 15.1. The lowest BCUT2D eigenvalue weighted by atomic mass is 10.1. The molecule has 1 aromatic carbocycles. The molecule has 1 aliphatic rings. The Balaban J connectivity index is 1.57. The van der Waals surface area contributed by atoms with Gasteiger partial charge in [0, 0.05) is 29.1 Å². The number of methoxy groups -OCH3 is 2. The van der Waals surface area contributed by atoms with Gasteiger partial charge in [-0.3, -0.25) is 4.79 Å². The van der Waals surface area contributed by atoms with E-state index in [2.05, 4.69) is 50.5 Å². The van der Waals surface area contributed by atoms with Crippen LogP contribution in [0.2, 0.25) is 0 Å². The van der Waals surface area contributed by atoms with Crippen molar-refractivity contribution in [2.24, 2.45) is 0 Å². The van der Waals surface area contributed by atoms with Gasteiger partial charge >= 0.3 is 0 Å². The Morgan fingerprint density at radius 2 is 1.57 bits per heavy atom. The Labute approximate surface area is 180 Å². The molecule has 0 radical (unpaired) electrons. The number of nitrogens with zero attached hydrogens (tertiary/aromatic N) is 1. The van der Waals surface area contributed by atoms with Crippen LogP contribution in [0.25, 0.3) is 0 Å². The monoisotopic (exact) mass is 415 g/mol. The third-order valence-corrected chi connectivity index (χ3v) is 6.55. The first-order chi connectivity index (χ1) is 14.4. The number of ketones is 1. The first-order valence-corrected chi connectivity index (χ1v) is 11.0. The van der Waals surface area contributed by atoms with Crippen LogP contribution in [0.4, 0.5) is 0 Å². The number of hydrogen-bond acceptors (Lipinski definition) is 3. The van der Waals surface area contributed by atoms with Gasteiger partial charge in [0.15, 0.2) is 11.5 Å². The van der Waals surface area contributed by atoms with Crippen molar-refractivity contribution in [1.82, 2.24) is 4.57 Å². The summed E-state index contributed by atoms with van der Waals surface area (Å²) in [6, 6.07) is 6.22. The third-order valence-electron chi connectivity index (χ3n) is 6.55. The Morgan fingerprint density at radius 3 is 2.13 bits per heavy atom. The van der Waals surface area contributed by atoms with Gasteiger partial charge < -0.3 is 23.8 Å². The van der Waals surface area contributed by atoms with Crippen LogP contribution in [-0.2, 0) is 13.1 Å². The summed E-state index contributed by atoms with van der Waals surface area (Å²) in [4.78, 5) is 15.9. The average molecular weight is 416 g/mol. The van der Waals surface area contributed by atoms with Gasteiger partial charge in [0.25, 0.3) is 0 Å². The van der Waals surface area contributed by atoms with Crippen molar-refractivity contribution in [3.63, 3.8) is 0 Å². The number of benzene rings is 1. The second-order valence-corrected chi connectivity index (χ2v) is 8.44. The summed E-state index contributed by atoms with van der Waals surface area (Å²) in [5, 5.41) is 0. The van der Waals surface area contributed by atoms with E-state index in [4.69, 9.17) is 9.47 Å². The van der Waals surface area contributed by atoms with Gasteiger partial charge in [-0.2, -0.15) is 0 Å². The summed E-state index contributed by atoms with van der Waals surface area (Å²) in [5.74, 6) is 1.85. The molecule has 0 aliphatic carbocycles. The molecule has 0 atom stereocenters. The topological polar surface area (TPSA) is 49.3 Å². The lowest BCUT2D eigenvalue weighted by molar-refractivity contribution is -1.01. The third kappa shape index (κ3) is 4.71. The lowest BCUT2D eigenvalue weighted by Gasteiger charge is -2.29. The zero-order valence-corrected chi connectivity index (χ0v) is 19.4. The van der Waals surface area contributed by atoms with E-state index >= 15 is 0 Å². The average Bonchev–Trinajstić information content (AvgIpc) is 3.03. The molecule has 0 unspecified atom stereocenters. The number of aryl methyl sites for hydroxylation is 2. The van der Waals surface area contributed by atoms with Crippen LogP contribution in [0, 0.1) is 20.8 Å². The molecule has 0 spiro atoms. The highest BCUT2D eigenvalue weighted by molar-refractivity contribution is 5.98. The molecule has 30 heavy (non-hydrogen) atoms. The van der Waals surface area contributed by atoms with Gasteiger partial charge in [0.05, 0.1) is 14.2 Å². The number of piperazine rings is 1. The second kappa shape index (κ2) is 9.67. The SMILES string of the molecule is CCn1c(C)cc(C(=O)C[NH+]2CC[NH+](Cc3cc(OC)c(OC)cc3C)CC2)c1C. The van der Waals surface area contributed by atoms with Crippen LogP contribution in [-0.4, -0.2) is 57.3 Å². The number of Topliss-reactive ketones (excluding diaryl/α,β-unsaturated/α-hetero) is 1. The fourth-order valence-corrected chi connectivity index (χ4v) is 4.69. The summed E-state index contributed by atoms with van der Waals surface area (Å²) < 4.78 is 13.1. The second-order valence-electron chi connectivity index (χ2n) is 8.44. The number of carbonyl (C=O) groups is 1. The van der Waals surface area contributed by atoms with Gasteiger partial charge in [-0.05, 0) is 51.5 Å². The van der Waals surface area contributed by atoms with Crippen LogP contribution in [0.15, 0.2) is 18.2 Å². The molecule has 2 N–H and O–H groups in total. The van der Waals surface area contributed by atoms with Crippen molar-refractivity contribution in [3.8, 4) is 11.5 Å². The summed E-state index contributed by atoms with van der Waals surface area (Å²) >= 11 is 0. The number of nitrogens with one attached hydrogen (secondary N) is 2. The number of ether oxygens (including phenoxy) is 2. The highest BCUT2D eigenvalue weighted by atomic mass is 16.5. The maximum atomic E-state index is 12.9. The number of carbonyl (C=O) groups excluding carboxylic acids is 1. The first kappa shape index (κ1) is 22.4. The molecule has 1 fully saturated rings. The van der Waals surface area contributed by atoms with E-state index in [9.17, 15) is 4.79 Å². The largest absolute Gasteiger partial charge is 0.493 e. The molecule has 2 aromatic rings. The van der Waals surface area contributed by atoms with E-state index in [-0.39, 0.29) is 5.78 Å². The summed E-state index contributed by atoms with van der Waals surface area (Å²) in [7, 11) is 3.35. The highest BCUT2D eigenvalue weighted by Gasteiger charge is 2.27. The quantitative estimate of drug-likeness (QED) is 0.622. The molecule has 6 nitrogen and oxygen atoms in total. The number of rotatable bonds is 8. The van der Waals surface area contributed by atoms with Crippen molar-refractivity contribution in [3.05, 3.63) is 46.3 Å². The fraction of sp³-hybridized carbons (Fsp3) is 0.542. The lowest BCUT2D eigenvalue weighted by Crippen LogP contribution is -3.27. The van der Waals surface area contributed by atoms with E-state index in [0.29, 0.717) is 6.54 Å². The molecule has 3 rings (SSSR count). The minimum absolute atomic E-state index is 0.275. The van der Waals surface area contributed by atoms with Gasteiger partial charge in [-0.15, -0.1) is 0 Å². The number of quaternary nitrogens is 2. The summed E-state index contributed by atoms with van der Waals surface area (Å²) in [5.41, 5.74) is 5.71. The predicted octanol–water partition coefficient (Wildman–Crippen LogP) is 0.617. The molecule has 1 aliphatic heterocycles. The fourth-order valence-electron chi connectivity index (χ4n) is 4.69. The molecule has 2 heterocycles. The zero-order valence-electron chi connectivity index (χ0n) is 19.4. The molecular weight excluding hydrogens is 378 g/mol. The Kier molecular flexibility index (Phi) is 7.21. The van der Waals surface area contributed by atoms with E-state index in [1.807, 2.05) is 0 Å². The van der Waals surface area contributed by atoms with Crippen LogP contribution in [0.1, 0.15) is 39.8 Å². The Morgan fingerprint density at radius 1 is 0.967 bits per heavy atom. The highest BCUT2D eigenvalue weighted by Crippen LogP contribution is 2.29. The smallest absolute Gasteiger partial charge is 0.218 e. The van der Waals surface area contributed by atoms with Crippen LogP contribution in [0.3, 0.4) is 0 Å². The number of aromatic nitrogens is 1. The van der Waals surface area contributed by atoms with Crippen LogP contribution >= 0.6 is 0 Å². The maximum Gasteiger partial charge on any atom is 0.218 e. The maximum absolute atomic E-state index is 12.9. The predicted molar refractivity (Wildman–Crippen MR) is 118 cm³/mol. The summed E-state index contributed by atoms with van der Waals surface area (Å²) in [6.07, 6.45) is 0. The molecule has 0 saturated carbocycles. The Hall–Kier alpha value is -2.31. The van der Waals surface area contributed by atoms with Gasteiger partial charge in [0.1, 0.15) is 39.3 Å². The standard InChI is InChI=1S/C24H35N3O3/c1-7-27-18(3)13-21(19(27)4)22(28)16-26-10-8-25(9-11-26)15-20-14-24(30-6)23(29-5)12-17(20)2/h12-14H,7-11,15-16H2,1-6H3/p+2. The van der Waals surface area contributed by atoms with Crippen molar-refractivity contribution in [2.75, 3.05) is 46.9 Å². The molecule has 164 valence electrons. The molecule has 1 saturated heterocycles. The zero-order chi connectivity index (χ0) is 21.8. The molecule has 0 bridgehead atoms. The van der Waals surface area contributed by atoms with Crippen LogP contribution in [0.5, 0.6) is 11.5 Å². The molecule has 1 aromatic heterocycles. The minimum atomic E-state index is 0.275. The normalized spacial score (nSPS) is 19.0. The van der Waals surface area contributed by atoms with Crippen LogP contribution < -0.4 is 19.3 Å². The van der Waals surface area contributed by atoms with Gasteiger partial charge in [-0.25, -0.2) is 0 Å². The van der Waals surface area contributed by atoms with E-state index in [1.165, 1.54) is 21.7 Å². The van der Waals surface area contributed by atoms with Gasteiger partial charge in [0.2, 0.25) is 5.78 Å². The van der Waals surface area contributed by atoms with E-state index < -0.39 is 0 Å². The molecule has 6 heteroatoms. The molecule has 0 amide bonds. The van der Waals surface area contributed by atoms with E-state index in [0.717, 1.165) is 62.0 Å². The van der Waals surface area contributed by atoms with Crippen molar-refractivity contribution < 1.29 is 24.1 Å². The van der Waals surface area contributed by atoms with Crippen molar-refractivity contribution in [2.45, 2.75) is 40.8 Å².